The molecule has 30 heavy (non-hydrogen) atoms. The van der Waals surface area contributed by atoms with Crippen molar-refractivity contribution < 1.29 is 28.2 Å². The highest BCUT2D eigenvalue weighted by atomic mass is 19.1. The molecule has 1 saturated heterocycles. The van der Waals surface area contributed by atoms with E-state index in [0.717, 1.165) is 12.1 Å². The zero-order chi connectivity index (χ0) is 22.0. The normalized spacial score (nSPS) is 17.5. The zero-order valence-corrected chi connectivity index (χ0v) is 17.0. The summed E-state index contributed by atoms with van der Waals surface area (Å²) in [6, 6.07) is 3.18. The molecule has 0 radical (unpaired) electrons. The number of carbonyl (C=O) groups is 1. The van der Waals surface area contributed by atoms with Gasteiger partial charge < -0.3 is 24.0 Å². The lowest BCUT2D eigenvalue weighted by Crippen LogP contribution is -2.37. The maximum Gasteiger partial charge on any atom is 0.275 e. The minimum atomic E-state index is -0.797. The van der Waals surface area contributed by atoms with Crippen LogP contribution in [0.3, 0.4) is 0 Å². The first-order valence-electron chi connectivity index (χ1n) is 9.47. The first kappa shape index (κ1) is 21.9. The van der Waals surface area contributed by atoms with Crippen molar-refractivity contribution in [3.8, 4) is 5.75 Å². The molecule has 2 heterocycles. The number of halogens is 2. The molecular weight excluding hydrogens is 398 g/mol. The van der Waals surface area contributed by atoms with Gasteiger partial charge in [-0.25, -0.2) is 8.78 Å². The number of aliphatic hydroxyl groups is 1. The Hall–Kier alpha value is -2.78. The molecule has 0 saturated carbocycles. The number of anilines is 1. The van der Waals surface area contributed by atoms with Crippen molar-refractivity contribution >= 4 is 11.6 Å². The SMILES string of the molecule is COCC(CO)n1ccc(C)c(N2CC(c3c(F)cc(OC)cc3F)CC2=O)c1=O. The van der Waals surface area contributed by atoms with Crippen LogP contribution in [0, 0.1) is 18.6 Å². The third kappa shape index (κ3) is 3.95. The van der Waals surface area contributed by atoms with Crippen LogP contribution in [0.15, 0.2) is 29.2 Å². The van der Waals surface area contributed by atoms with Gasteiger partial charge in [0.05, 0.1) is 26.4 Å². The molecule has 0 aliphatic carbocycles. The number of hydrogen-bond donors (Lipinski definition) is 1. The van der Waals surface area contributed by atoms with Crippen molar-refractivity contribution in [1.29, 1.82) is 0 Å². The Morgan fingerprint density at radius 1 is 1.23 bits per heavy atom. The molecule has 1 aliphatic rings. The van der Waals surface area contributed by atoms with Crippen LogP contribution in [0.4, 0.5) is 14.5 Å². The lowest BCUT2D eigenvalue weighted by molar-refractivity contribution is -0.117. The Bertz CT molecular complexity index is 984. The summed E-state index contributed by atoms with van der Waals surface area (Å²) in [7, 11) is 2.76. The lowest BCUT2D eigenvalue weighted by Gasteiger charge is -2.23. The van der Waals surface area contributed by atoms with Crippen molar-refractivity contribution in [2.45, 2.75) is 25.3 Å². The molecule has 1 amide bonds. The Labute approximate surface area is 172 Å². The fourth-order valence-corrected chi connectivity index (χ4v) is 3.84. The minimum absolute atomic E-state index is 0.0346. The van der Waals surface area contributed by atoms with Gasteiger partial charge in [0.2, 0.25) is 5.91 Å². The minimum Gasteiger partial charge on any atom is -0.497 e. The summed E-state index contributed by atoms with van der Waals surface area (Å²) < 4.78 is 40.2. The predicted molar refractivity (Wildman–Crippen MR) is 106 cm³/mol. The van der Waals surface area contributed by atoms with Crippen LogP contribution in [0.1, 0.15) is 29.5 Å². The van der Waals surface area contributed by atoms with Crippen LogP contribution in [-0.4, -0.2) is 49.6 Å². The number of ether oxygens (including phenoxy) is 2. The molecule has 7 nitrogen and oxygen atoms in total. The number of hydrogen-bond acceptors (Lipinski definition) is 5. The average Bonchev–Trinajstić information content (AvgIpc) is 3.07. The molecule has 1 aromatic carbocycles. The third-order valence-corrected chi connectivity index (χ3v) is 5.35. The molecule has 1 aromatic heterocycles. The highest BCUT2D eigenvalue weighted by Crippen LogP contribution is 2.36. The number of rotatable bonds is 7. The van der Waals surface area contributed by atoms with Gasteiger partial charge in [-0.1, -0.05) is 0 Å². The summed E-state index contributed by atoms with van der Waals surface area (Å²) in [5, 5.41) is 9.59. The second kappa shape index (κ2) is 8.93. The molecule has 2 atom stereocenters. The topological polar surface area (TPSA) is 81.0 Å². The van der Waals surface area contributed by atoms with Crippen LogP contribution >= 0.6 is 0 Å². The maximum atomic E-state index is 14.5. The van der Waals surface area contributed by atoms with Crippen molar-refractivity contribution in [3.05, 3.63) is 57.5 Å². The van der Waals surface area contributed by atoms with Gasteiger partial charge in [0.25, 0.3) is 5.56 Å². The Balaban J connectivity index is 1.99. The molecular formula is C21H24F2N2O5. The first-order valence-corrected chi connectivity index (χ1v) is 9.47. The maximum absolute atomic E-state index is 14.5. The number of benzene rings is 1. The summed E-state index contributed by atoms with van der Waals surface area (Å²) in [5.41, 5.74) is 0.00728. The predicted octanol–water partition coefficient (Wildman–Crippen LogP) is 2.14. The van der Waals surface area contributed by atoms with E-state index in [1.165, 1.54) is 29.9 Å². The molecule has 9 heteroatoms. The Morgan fingerprint density at radius 3 is 2.47 bits per heavy atom. The van der Waals surface area contributed by atoms with Gasteiger partial charge in [-0.15, -0.1) is 0 Å². The van der Waals surface area contributed by atoms with Crippen LogP contribution in [0.2, 0.25) is 0 Å². The van der Waals surface area contributed by atoms with Crippen molar-refractivity contribution in [2.24, 2.45) is 0 Å². The van der Waals surface area contributed by atoms with Gasteiger partial charge >= 0.3 is 0 Å². The Kier molecular flexibility index (Phi) is 6.52. The van der Waals surface area contributed by atoms with E-state index >= 15 is 0 Å². The smallest absolute Gasteiger partial charge is 0.275 e. The third-order valence-electron chi connectivity index (χ3n) is 5.35. The first-order chi connectivity index (χ1) is 14.3. The van der Waals surface area contributed by atoms with E-state index in [0.29, 0.717) is 5.56 Å². The lowest BCUT2D eigenvalue weighted by atomic mass is 9.97. The van der Waals surface area contributed by atoms with E-state index in [1.807, 2.05) is 0 Å². The molecule has 162 valence electrons. The van der Waals surface area contributed by atoms with E-state index in [-0.39, 0.29) is 43.2 Å². The second-order valence-electron chi connectivity index (χ2n) is 7.26. The van der Waals surface area contributed by atoms with Gasteiger partial charge in [-0.05, 0) is 18.6 Å². The highest BCUT2D eigenvalue weighted by Gasteiger charge is 2.37. The van der Waals surface area contributed by atoms with E-state index in [4.69, 9.17) is 9.47 Å². The van der Waals surface area contributed by atoms with Crippen LogP contribution in [-0.2, 0) is 9.53 Å². The molecule has 2 aromatic rings. The molecule has 2 unspecified atom stereocenters. The van der Waals surface area contributed by atoms with Crippen molar-refractivity contribution in [3.63, 3.8) is 0 Å². The van der Waals surface area contributed by atoms with Crippen LogP contribution in [0.5, 0.6) is 5.75 Å². The number of pyridine rings is 1. The number of aliphatic hydroxyl groups excluding tert-OH is 1. The zero-order valence-electron chi connectivity index (χ0n) is 17.0. The van der Waals surface area contributed by atoms with Crippen molar-refractivity contribution in [2.75, 3.05) is 38.9 Å². The summed E-state index contributed by atoms with van der Waals surface area (Å²) in [6.07, 6.45) is 1.40. The number of aromatic nitrogens is 1. The molecule has 0 spiro atoms. The summed E-state index contributed by atoms with van der Waals surface area (Å²) in [4.78, 5) is 27.1. The molecule has 1 fully saturated rings. The number of amides is 1. The molecule has 0 bridgehead atoms. The molecule has 1 N–H and O–H groups in total. The summed E-state index contributed by atoms with van der Waals surface area (Å²) in [5.74, 6) is -2.70. The fourth-order valence-electron chi connectivity index (χ4n) is 3.84. The largest absolute Gasteiger partial charge is 0.497 e. The molecule has 3 rings (SSSR count). The number of nitrogens with zero attached hydrogens (tertiary/aromatic N) is 2. The van der Waals surface area contributed by atoms with E-state index in [1.54, 1.807) is 13.0 Å². The highest BCUT2D eigenvalue weighted by molar-refractivity contribution is 5.97. The quantitative estimate of drug-likeness (QED) is 0.740. The van der Waals surface area contributed by atoms with Gasteiger partial charge in [0.15, 0.2) is 0 Å². The van der Waals surface area contributed by atoms with Crippen LogP contribution in [0.25, 0.3) is 0 Å². The number of methoxy groups -OCH3 is 2. The Morgan fingerprint density at radius 2 is 1.90 bits per heavy atom. The van der Waals surface area contributed by atoms with E-state index in [2.05, 4.69) is 0 Å². The van der Waals surface area contributed by atoms with Crippen LogP contribution < -0.4 is 15.2 Å². The second-order valence-corrected chi connectivity index (χ2v) is 7.26. The number of aryl methyl sites for hydroxylation is 1. The van der Waals surface area contributed by atoms with E-state index in [9.17, 15) is 23.5 Å². The van der Waals surface area contributed by atoms with Gasteiger partial charge in [-0.3, -0.25) is 9.59 Å². The fraction of sp³-hybridized carbons (Fsp3) is 0.429. The standard InChI is InChI=1S/C21H24F2N2O5/c1-12-4-5-24(14(10-26)11-29-2)21(28)20(12)25-9-13(6-18(25)27)19-16(22)7-15(30-3)8-17(19)23/h4-5,7-8,13-14,26H,6,9-11H2,1-3H3. The van der Waals surface area contributed by atoms with Gasteiger partial charge in [-0.2, -0.15) is 0 Å². The molecule has 1 aliphatic heterocycles. The van der Waals surface area contributed by atoms with Gasteiger partial charge in [0, 0.05) is 49.9 Å². The van der Waals surface area contributed by atoms with Gasteiger partial charge in [0.1, 0.15) is 23.1 Å². The van der Waals surface area contributed by atoms with Crippen molar-refractivity contribution in [1.82, 2.24) is 4.57 Å². The van der Waals surface area contributed by atoms with E-state index < -0.39 is 35.1 Å². The monoisotopic (exact) mass is 422 g/mol. The summed E-state index contributed by atoms with van der Waals surface area (Å²) in [6.45, 7) is 1.43. The summed E-state index contributed by atoms with van der Waals surface area (Å²) >= 11 is 0. The number of carbonyl (C=O) groups excluding carboxylic acids is 1. The average molecular weight is 422 g/mol.